The molecule has 0 saturated heterocycles. The second-order valence-corrected chi connectivity index (χ2v) is 2.46. The molecule has 0 amide bonds. The SMILES string of the molecule is N[n+]1ccncc1-c1cnccn1. The Hall–Kier alpha value is -2.04. The fraction of sp³-hybridized carbons (Fsp3) is 0. The van der Waals surface area contributed by atoms with Crippen LogP contribution in [0.25, 0.3) is 11.4 Å². The lowest BCUT2D eigenvalue weighted by Crippen LogP contribution is -2.46. The summed E-state index contributed by atoms with van der Waals surface area (Å²) in [6, 6.07) is 0. The first-order valence-corrected chi connectivity index (χ1v) is 3.75. The fourth-order valence-corrected chi connectivity index (χ4v) is 1.00. The van der Waals surface area contributed by atoms with E-state index in [9.17, 15) is 0 Å². The summed E-state index contributed by atoms with van der Waals surface area (Å²) in [5.74, 6) is 5.66. The van der Waals surface area contributed by atoms with Crippen molar-refractivity contribution in [3.8, 4) is 11.4 Å². The van der Waals surface area contributed by atoms with Crippen LogP contribution in [0.3, 0.4) is 0 Å². The van der Waals surface area contributed by atoms with Crippen LogP contribution < -0.4 is 10.5 Å². The van der Waals surface area contributed by atoms with Gasteiger partial charge in [0, 0.05) is 12.4 Å². The number of nitrogens with zero attached hydrogens (tertiary/aromatic N) is 4. The van der Waals surface area contributed by atoms with E-state index in [-0.39, 0.29) is 0 Å². The van der Waals surface area contributed by atoms with Gasteiger partial charge in [-0.2, -0.15) is 0 Å². The minimum Gasteiger partial charge on any atom is -0.261 e. The Morgan fingerprint density at radius 2 is 1.92 bits per heavy atom. The lowest BCUT2D eigenvalue weighted by molar-refractivity contribution is -0.628. The zero-order valence-corrected chi connectivity index (χ0v) is 6.83. The first-order valence-electron chi connectivity index (χ1n) is 3.75. The van der Waals surface area contributed by atoms with Crippen LogP contribution in [0.1, 0.15) is 0 Å². The van der Waals surface area contributed by atoms with Crippen LogP contribution in [0.2, 0.25) is 0 Å². The van der Waals surface area contributed by atoms with Crippen molar-refractivity contribution < 1.29 is 4.68 Å². The van der Waals surface area contributed by atoms with Crippen LogP contribution in [0.15, 0.2) is 37.2 Å². The lowest BCUT2D eigenvalue weighted by atomic mass is 10.3. The molecule has 0 aliphatic heterocycles. The van der Waals surface area contributed by atoms with Crippen LogP contribution in [0.5, 0.6) is 0 Å². The molecule has 0 atom stereocenters. The highest BCUT2D eigenvalue weighted by molar-refractivity contribution is 5.46. The lowest BCUT2D eigenvalue weighted by Gasteiger charge is -1.94. The van der Waals surface area contributed by atoms with E-state index in [1.54, 1.807) is 37.2 Å². The maximum atomic E-state index is 5.66. The normalized spacial score (nSPS) is 9.85. The molecule has 0 radical (unpaired) electrons. The van der Waals surface area contributed by atoms with Gasteiger partial charge in [0.1, 0.15) is 6.20 Å². The van der Waals surface area contributed by atoms with Crippen LogP contribution in [0, 0.1) is 0 Å². The summed E-state index contributed by atoms with van der Waals surface area (Å²) in [6.07, 6.45) is 9.78. The molecule has 0 aliphatic rings. The number of rotatable bonds is 1. The van der Waals surface area contributed by atoms with E-state index in [1.807, 2.05) is 0 Å². The zero-order valence-electron chi connectivity index (χ0n) is 6.83. The molecule has 0 bridgehead atoms. The maximum absolute atomic E-state index is 5.66. The van der Waals surface area contributed by atoms with Crippen molar-refractivity contribution in [3.63, 3.8) is 0 Å². The molecule has 0 saturated carbocycles. The average molecular weight is 174 g/mol. The number of nitrogen functional groups attached to an aromatic ring is 1. The molecule has 2 aromatic rings. The highest BCUT2D eigenvalue weighted by Crippen LogP contribution is 2.06. The number of nitrogens with two attached hydrogens (primary N) is 1. The third kappa shape index (κ3) is 1.44. The fourth-order valence-electron chi connectivity index (χ4n) is 1.00. The number of hydrogen-bond donors (Lipinski definition) is 1. The topological polar surface area (TPSA) is 68.6 Å². The Labute approximate surface area is 74.9 Å². The van der Waals surface area contributed by atoms with Gasteiger partial charge in [0.25, 0.3) is 5.69 Å². The summed E-state index contributed by atoms with van der Waals surface area (Å²) in [7, 11) is 0. The molecule has 0 fully saturated rings. The Balaban J connectivity index is 2.54. The van der Waals surface area contributed by atoms with Gasteiger partial charge in [-0.15, -0.1) is 0 Å². The molecule has 0 aliphatic carbocycles. The highest BCUT2D eigenvalue weighted by Gasteiger charge is 2.10. The van der Waals surface area contributed by atoms with Crippen LogP contribution in [-0.2, 0) is 0 Å². The Morgan fingerprint density at radius 3 is 2.62 bits per heavy atom. The monoisotopic (exact) mass is 174 g/mol. The standard InChI is InChI=1S/C8H8N5/c9-13-4-3-11-6-8(13)7-5-10-1-2-12-7/h1-6H,(H2,9,11)/q+1. The van der Waals surface area contributed by atoms with Gasteiger partial charge in [-0.1, -0.05) is 4.68 Å². The highest BCUT2D eigenvalue weighted by atomic mass is 15.3. The zero-order chi connectivity index (χ0) is 9.10. The molecule has 2 heterocycles. The van der Waals surface area contributed by atoms with Gasteiger partial charge in [0.05, 0.1) is 12.4 Å². The molecule has 5 heteroatoms. The summed E-state index contributed by atoms with van der Waals surface area (Å²) in [5.41, 5.74) is 1.44. The molecule has 0 unspecified atom stereocenters. The van der Waals surface area contributed by atoms with Gasteiger partial charge in [-0.25, -0.2) is 10.8 Å². The summed E-state index contributed by atoms with van der Waals surface area (Å²) in [5, 5.41) is 0. The number of aromatic nitrogens is 4. The van der Waals surface area contributed by atoms with Crippen LogP contribution in [-0.4, -0.2) is 15.0 Å². The van der Waals surface area contributed by atoms with Crippen molar-refractivity contribution in [1.29, 1.82) is 0 Å². The molecule has 0 spiro atoms. The second kappa shape index (κ2) is 3.14. The molecule has 2 N–H and O–H groups in total. The Morgan fingerprint density at radius 1 is 1.08 bits per heavy atom. The molecule has 2 aromatic heterocycles. The van der Waals surface area contributed by atoms with E-state index < -0.39 is 0 Å². The van der Waals surface area contributed by atoms with Gasteiger partial charge in [-0.3, -0.25) is 9.97 Å². The molecule has 0 aromatic carbocycles. The Kier molecular flexibility index (Phi) is 1.84. The molecule has 5 nitrogen and oxygen atoms in total. The van der Waals surface area contributed by atoms with E-state index in [2.05, 4.69) is 15.0 Å². The minimum atomic E-state index is 0.707. The molecular formula is C8H8N5+. The molecule has 2 rings (SSSR count). The minimum absolute atomic E-state index is 0.707. The van der Waals surface area contributed by atoms with E-state index in [1.165, 1.54) is 4.68 Å². The third-order valence-electron chi connectivity index (χ3n) is 1.61. The van der Waals surface area contributed by atoms with Crippen LogP contribution in [0.4, 0.5) is 0 Å². The first kappa shape index (κ1) is 7.60. The van der Waals surface area contributed by atoms with Gasteiger partial charge >= 0.3 is 0 Å². The van der Waals surface area contributed by atoms with Gasteiger partial charge in [0.15, 0.2) is 5.69 Å². The third-order valence-corrected chi connectivity index (χ3v) is 1.61. The predicted molar refractivity (Wildman–Crippen MR) is 45.6 cm³/mol. The van der Waals surface area contributed by atoms with Gasteiger partial charge in [-0.05, 0) is 0 Å². The summed E-state index contributed by atoms with van der Waals surface area (Å²) < 4.78 is 1.46. The molecule has 13 heavy (non-hydrogen) atoms. The first-order chi connectivity index (χ1) is 6.38. The van der Waals surface area contributed by atoms with E-state index >= 15 is 0 Å². The average Bonchev–Trinajstić information content (AvgIpc) is 2.20. The smallest absolute Gasteiger partial charge is 0.261 e. The van der Waals surface area contributed by atoms with Crippen molar-refractivity contribution in [2.75, 3.05) is 5.84 Å². The number of hydrogen-bond acceptors (Lipinski definition) is 4. The molecule has 64 valence electrons. The van der Waals surface area contributed by atoms with Crippen molar-refractivity contribution in [3.05, 3.63) is 37.2 Å². The quantitative estimate of drug-likeness (QED) is 0.469. The Bertz CT molecular complexity index is 400. The maximum Gasteiger partial charge on any atom is 0.280 e. The van der Waals surface area contributed by atoms with Crippen molar-refractivity contribution in [2.24, 2.45) is 0 Å². The largest absolute Gasteiger partial charge is 0.280 e. The van der Waals surface area contributed by atoms with E-state index in [4.69, 9.17) is 5.84 Å². The molecular weight excluding hydrogens is 166 g/mol. The predicted octanol–water partition coefficient (Wildman–Crippen LogP) is -0.460. The second-order valence-electron chi connectivity index (χ2n) is 2.46. The van der Waals surface area contributed by atoms with Crippen LogP contribution >= 0.6 is 0 Å². The van der Waals surface area contributed by atoms with Gasteiger partial charge < -0.3 is 0 Å². The van der Waals surface area contributed by atoms with Crippen molar-refractivity contribution in [2.45, 2.75) is 0 Å². The van der Waals surface area contributed by atoms with Gasteiger partial charge in [0.2, 0.25) is 6.20 Å². The van der Waals surface area contributed by atoms with Crippen molar-refractivity contribution in [1.82, 2.24) is 15.0 Å². The van der Waals surface area contributed by atoms with E-state index in [0.29, 0.717) is 5.69 Å². The summed E-state index contributed by atoms with van der Waals surface area (Å²) >= 11 is 0. The van der Waals surface area contributed by atoms with E-state index in [0.717, 1.165) is 5.69 Å². The summed E-state index contributed by atoms with van der Waals surface area (Å²) in [4.78, 5) is 12.0. The summed E-state index contributed by atoms with van der Waals surface area (Å²) in [6.45, 7) is 0. The van der Waals surface area contributed by atoms with Crippen molar-refractivity contribution >= 4 is 0 Å².